The Balaban J connectivity index is 1.67. The quantitative estimate of drug-likeness (QED) is 0.583. The van der Waals surface area contributed by atoms with Crippen molar-refractivity contribution in [2.45, 2.75) is 57.9 Å². The number of fused-ring (bicyclic) bond motifs is 1. The van der Waals surface area contributed by atoms with Crippen LogP contribution in [0.5, 0.6) is 5.75 Å². The smallest absolute Gasteiger partial charge is 0.406 e. The van der Waals surface area contributed by atoms with E-state index in [2.05, 4.69) is 20.4 Å². The molecule has 2 aromatic rings. The Morgan fingerprint density at radius 2 is 2.00 bits per heavy atom. The number of ether oxygens (including phenoxy) is 1. The number of carbonyl (C=O) groups excluding carboxylic acids is 2. The third-order valence-corrected chi connectivity index (χ3v) is 6.27. The van der Waals surface area contributed by atoms with Crippen molar-refractivity contribution in [1.82, 2.24) is 10.3 Å². The summed E-state index contributed by atoms with van der Waals surface area (Å²) >= 11 is 1.07. The number of hydrogen-bond acceptors (Lipinski definition) is 6. The van der Waals surface area contributed by atoms with Gasteiger partial charge in [0.05, 0.1) is 16.3 Å². The highest BCUT2D eigenvalue weighted by Gasteiger charge is 2.35. The number of nitrogens with one attached hydrogen (secondary N) is 2. The molecule has 1 aromatic heterocycles. The van der Waals surface area contributed by atoms with Gasteiger partial charge in [0.15, 0.2) is 5.13 Å². The van der Waals surface area contributed by atoms with Crippen LogP contribution in [0, 0.1) is 5.41 Å². The summed E-state index contributed by atoms with van der Waals surface area (Å²) in [4.78, 5) is 28.9. The van der Waals surface area contributed by atoms with Gasteiger partial charge in [0.1, 0.15) is 5.75 Å². The lowest BCUT2D eigenvalue weighted by Gasteiger charge is -2.37. The Morgan fingerprint density at radius 3 is 2.65 bits per heavy atom. The van der Waals surface area contributed by atoms with Gasteiger partial charge >= 0.3 is 6.36 Å². The Labute approximate surface area is 181 Å². The number of hydrogen-bond donors (Lipinski definition) is 3. The van der Waals surface area contributed by atoms with E-state index in [0.717, 1.165) is 43.4 Å². The summed E-state index contributed by atoms with van der Waals surface area (Å²) in [6, 6.07) is 3.21. The van der Waals surface area contributed by atoms with E-state index in [1.807, 2.05) is 0 Å². The van der Waals surface area contributed by atoms with Gasteiger partial charge in [-0.1, -0.05) is 30.6 Å². The maximum atomic E-state index is 12.7. The molecule has 0 bridgehead atoms. The van der Waals surface area contributed by atoms with Gasteiger partial charge in [-0.15, -0.1) is 13.2 Å². The highest BCUT2D eigenvalue weighted by Crippen LogP contribution is 2.39. The first-order valence-corrected chi connectivity index (χ1v) is 10.9. The maximum Gasteiger partial charge on any atom is 0.573 e. The van der Waals surface area contributed by atoms with Crippen LogP contribution in [0.3, 0.4) is 0 Å². The lowest BCUT2D eigenvalue weighted by atomic mass is 9.71. The summed E-state index contributed by atoms with van der Waals surface area (Å²) in [6.45, 7) is 1.98. The third kappa shape index (κ3) is 6.54. The maximum absolute atomic E-state index is 12.7. The molecule has 1 aliphatic rings. The van der Waals surface area contributed by atoms with Crippen LogP contribution in [0.4, 0.5) is 18.3 Å². The van der Waals surface area contributed by atoms with Crippen molar-refractivity contribution >= 4 is 38.5 Å². The number of nitrogens with two attached hydrogens (primary N) is 1. The van der Waals surface area contributed by atoms with Gasteiger partial charge in [-0.2, -0.15) is 0 Å². The molecule has 1 aliphatic carbocycles. The average Bonchev–Trinajstić information content (AvgIpc) is 3.06. The Kier molecular flexibility index (Phi) is 7.05. The zero-order chi connectivity index (χ0) is 22.6. The molecule has 0 unspecified atom stereocenters. The minimum absolute atomic E-state index is 0.213. The van der Waals surface area contributed by atoms with Gasteiger partial charge in [-0.25, -0.2) is 4.98 Å². The number of anilines is 1. The van der Waals surface area contributed by atoms with Crippen LogP contribution >= 0.6 is 11.3 Å². The van der Waals surface area contributed by atoms with E-state index in [1.54, 1.807) is 6.92 Å². The van der Waals surface area contributed by atoms with Crippen LogP contribution in [0.25, 0.3) is 10.2 Å². The highest BCUT2D eigenvalue weighted by molar-refractivity contribution is 7.22. The van der Waals surface area contributed by atoms with Gasteiger partial charge in [0.2, 0.25) is 11.8 Å². The molecule has 1 fully saturated rings. The van der Waals surface area contributed by atoms with Crippen molar-refractivity contribution in [2.24, 2.45) is 11.1 Å². The standard InChI is InChI=1S/C20H25F3N4O3S/c1-12(24)17(29)25-11-19(7-3-2-4-8-19)10-16(28)27-18-26-14-6-5-13(9-15(14)31-18)30-20(21,22)23/h5-6,9,12H,2-4,7-8,10-11,24H2,1H3,(H,25,29)(H,26,27,28)/t12-/m0/s1. The predicted octanol–water partition coefficient (Wildman–Crippen LogP) is 3.94. The molecule has 0 radical (unpaired) electrons. The molecule has 7 nitrogen and oxygen atoms in total. The van der Waals surface area contributed by atoms with E-state index in [-0.39, 0.29) is 29.4 Å². The number of aromatic nitrogens is 1. The molecule has 0 aliphatic heterocycles. The second kappa shape index (κ2) is 9.39. The third-order valence-electron chi connectivity index (χ3n) is 5.34. The fourth-order valence-electron chi connectivity index (χ4n) is 3.81. The predicted molar refractivity (Wildman–Crippen MR) is 112 cm³/mol. The molecule has 0 saturated heterocycles. The number of nitrogens with zero attached hydrogens (tertiary/aromatic N) is 1. The SMILES string of the molecule is C[C@H](N)C(=O)NCC1(CC(=O)Nc2nc3ccc(OC(F)(F)F)cc3s2)CCCCC1. The zero-order valence-electron chi connectivity index (χ0n) is 17.1. The summed E-state index contributed by atoms with van der Waals surface area (Å²) in [5, 5.41) is 5.90. The van der Waals surface area contributed by atoms with Gasteiger partial charge in [0.25, 0.3) is 0 Å². The summed E-state index contributed by atoms with van der Waals surface area (Å²) in [7, 11) is 0. The van der Waals surface area contributed by atoms with Crippen molar-refractivity contribution in [1.29, 1.82) is 0 Å². The second-order valence-corrected chi connectivity index (χ2v) is 9.02. The van der Waals surface area contributed by atoms with Crippen LogP contribution in [0.1, 0.15) is 45.4 Å². The second-order valence-electron chi connectivity index (χ2n) is 7.99. The van der Waals surface area contributed by atoms with Crippen LogP contribution in [0.2, 0.25) is 0 Å². The molecule has 3 rings (SSSR count). The monoisotopic (exact) mass is 458 g/mol. The lowest BCUT2D eigenvalue weighted by molar-refractivity contribution is -0.274. The molecule has 0 spiro atoms. The van der Waals surface area contributed by atoms with Crippen molar-refractivity contribution in [3.8, 4) is 5.75 Å². The highest BCUT2D eigenvalue weighted by atomic mass is 32.1. The normalized spacial score (nSPS) is 17.2. The molecule has 4 N–H and O–H groups in total. The Morgan fingerprint density at radius 1 is 1.29 bits per heavy atom. The molecular weight excluding hydrogens is 433 g/mol. The van der Waals surface area contributed by atoms with Crippen LogP contribution < -0.4 is 21.1 Å². The number of thiazole rings is 1. The number of carbonyl (C=O) groups is 2. The minimum atomic E-state index is -4.78. The molecule has 1 saturated carbocycles. The van der Waals surface area contributed by atoms with Crippen LogP contribution in [-0.4, -0.2) is 35.7 Å². The molecule has 11 heteroatoms. The van der Waals surface area contributed by atoms with Gasteiger partial charge < -0.3 is 21.1 Å². The molecule has 2 amide bonds. The number of benzene rings is 1. The fourth-order valence-corrected chi connectivity index (χ4v) is 4.72. The number of rotatable bonds is 7. The van der Waals surface area contributed by atoms with Gasteiger partial charge in [-0.3, -0.25) is 9.59 Å². The summed E-state index contributed by atoms with van der Waals surface area (Å²) in [6.07, 6.45) is 0.112. The fraction of sp³-hybridized carbons (Fsp3) is 0.550. The number of amides is 2. The largest absolute Gasteiger partial charge is 0.573 e. The molecule has 1 atom stereocenters. The van der Waals surface area contributed by atoms with E-state index < -0.39 is 12.4 Å². The molecule has 1 aromatic carbocycles. The van der Waals surface area contributed by atoms with E-state index in [0.29, 0.717) is 21.9 Å². The van der Waals surface area contributed by atoms with Crippen molar-refractivity contribution < 1.29 is 27.5 Å². The first kappa shape index (κ1) is 23.3. The summed E-state index contributed by atoms with van der Waals surface area (Å²) in [5.41, 5.74) is 5.72. The van der Waals surface area contributed by atoms with E-state index in [9.17, 15) is 22.8 Å². The molecular formula is C20H25F3N4O3S. The van der Waals surface area contributed by atoms with Crippen molar-refractivity contribution in [2.75, 3.05) is 11.9 Å². The lowest BCUT2D eigenvalue weighted by Crippen LogP contribution is -2.46. The Hall–Kier alpha value is -2.40. The van der Waals surface area contributed by atoms with Crippen LogP contribution in [-0.2, 0) is 9.59 Å². The summed E-state index contributed by atoms with van der Waals surface area (Å²) in [5.74, 6) is -0.844. The topological polar surface area (TPSA) is 106 Å². The average molecular weight is 459 g/mol. The number of alkyl halides is 3. The molecule has 31 heavy (non-hydrogen) atoms. The Bertz CT molecular complexity index is 939. The summed E-state index contributed by atoms with van der Waals surface area (Å²) < 4.78 is 41.6. The van der Waals surface area contributed by atoms with Gasteiger partial charge in [-0.05, 0) is 37.3 Å². The first-order chi connectivity index (χ1) is 14.6. The van der Waals surface area contributed by atoms with E-state index >= 15 is 0 Å². The molecule has 1 heterocycles. The van der Waals surface area contributed by atoms with E-state index in [4.69, 9.17) is 5.73 Å². The van der Waals surface area contributed by atoms with Crippen molar-refractivity contribution in [3.63, 3.8) is 0 Å². The zero-order valence-corrected chi connectivity index (χ0v) is 17.9. The van der Waals surface area contributed by atoms with Crippen LogP contribution in [0.15, 0.2) is 18.2 Å². The van der Waals surface area contributed by atoms with Gasteiger partial charge in [0, 0.05) is 19.0 Å². The minimum Gasteiger partial charge on any atom is -0.406 e. The number of halogens is 3. The van der Waals surface area contributed by atoms with E-state index in [1.165, 1.54) is 18.2 Å². The van der Waals surface area contributed by atoms with Crippen molar-refractivity contribution in [3.05, 3.63) is 18.2 Å². The molecule has 170 valence electrons. The first-order valence-electron chi connectivity index (χ1n) is 10.0.